The van der Waals surface area contributed by atoms with Crippen LogP contribution in [0.25, 0.3) is 5.82 Å². The van der Waals surface area contributed by atoms with Gasteiger partial charge in [0.2, 0.25) is 0 Å². The Morgan fingerprint density at radius 2 is 1.81 bits per heavy atom. The first-order chi connectivity index (χ1) is 27.2. The minimum absolute atomic E-state index is 0.00255. The van der Waals surface area contributed by atoms with Crippen LogP contribution in [0.5, 0.6) is 0 Å². The van der Waals surface area contributed by atoms with Crippen LogP contribution in [-0.2, 0) is 49.5 Å². The molecule has 0 aliphatic carbocycles. The van der Waals surface area contributed by atoms with Crippen LogP contribution in [0.2, 0.25) is 0 Å². The van der Waals surface area contributed by atoms with Crippen molar-refractivity contribution < 1.29 is 57.5 Å². The van der Waals surface area contributed by atoms with E-state index in [9.17, 15) is 24.6 Å². The lowest BCUT2D eigenvalue weighted by Gasteiger charge is -2.47. The zero-order valence-corrected chi connectivity index (χ0v) is 35.2. The molecule has 322 valence electrons. The van der Waals surface area contributed by atoms with Gasteiger partial charge in [0.25, 0.3) is 5.67 Å². The molecule has 0 radical (unpaired) electrons. The topological polar surface area (TPSA) is 193 Å². The summed E-state index contributed by atoms with van der Waals surface area (Å²) >= 11 is 0. The zero-order valence-electron chi connectivity index (χ0n) is 35.2. The van der Waals surface area contributed by atoms with Gasteiger partial charge in [0.1, 0.15) is 35.9 Å². The van der Waals surface area contributed by atoms with Crippen molar-refractivity contribution in [3.63, 3.8) is 0 Å². The summed E-state index contributed by atoms with van der Waals surface area (Å²) in [5.41, 5.74) is -5.98. The Labute approximate surface area is 339 Å². The molecule has 3 saturated heterocycles. The molecular formula is C41H60FN5O11. The Morgan fingerprint density at radius 3 is 2.43 bits per heavy atom. The molecule has 2 aromatic rings. The van der Waals surface area contributed by atoms with Gasteiger partial charge in [0.15, 0.2) is 17.9 Å². The molecule has 5 rings (SSSR count). The van der Waals surface area contributed by atoms with Crippen molar-refractivity contribution >= 4 is 23.2 Å². The monoisotopic (exact) mass is 817 g/mol. The molecular weight excluding hydrogens is 757 g/mol. The van der Waals surface area contributed by atoms with Crippen molar-refractivity contribution in [3.05, 3.63) is 42.4 Å². The van der Waals surface area contributed by atoms with E-state index in [-0.39, 0.29) is 50.3 Å². The van der Waals surface area contributed by atoms with Crippen molar-refractivity contribution in [3.8, 4) is 5.82 Å². The molecule has 13 atom stereocenters. The third kappa shape index (κ3) is 9.67. The summed E-state index contributed by atoms with van der Waals surface area (Å²) in [6.07, 6.45) is -1.58. The van der Waals surface area contributed by atoms with Crippen LogP contribution in [0.1, 0.15) is 80.2 Å². The maximum atomic E-state index is 16.8. The third-order valence-electron chi connectivity index (χ3n) is 11.8. The molecule has 2 aromatic heterocycles. The highest BCUT2D eigenvalue weighted by atomic mass is 19.1. The quantitative estimate of drug-likeness (QED) is 0.224. The van der Waals surface area contributed by atoms with Gasteiger partial charge in [-0.3, -0.25) is 9.59 Å². The number of alkyl halides is 1. The molecule has 0 spiro atoms. The zero-order chi connectivity index (χ0) is 42.7. The number of carbonyl (C=O) groups excluding carboxylic acids is 3. The molecule has 17 heteroatoms. The molecule has 16 nitrogen and oxygen atoms in total. The number of likely N-dealkylation sites (N-methyl/N-ethyl adjacent to an activating group) is 1. The number of hydrogen-bond acceptors (Lipinski definition) is 15. The van der Waals surface area contributed by atoms with Crippen LogP contribution in [0, 0.1) is 17.8 Å². The highest BCUT2D eigenvalue weighted by molar-refractivity contribution is 6.07. The number of pyridine rings is 1. The van der Waals surface area contributed by atoms with E-state index in [1.54, 1.807) is 63.1 Å². The Morgan fingerprint density at radius 1 is 1.09 bits per heavy atom. The summed E-state index contributed by atoms with van der Waals surface area (Å²) in [7, 11) is 3.62. The Balaban J connectivity index is 1.60. The average Bonchev–Trinajstić information content (AvgIpc) is 3.72. The lowest BCUT2D eigenvalue weighted by Crippen LogP contribution is -2.61. The van der Waals surface area contributed by atoms with Crippen molar-refractivity contribution in [2.24, 2.45) is 22.9 Å². The molecule has 3 aliphatic heterocycles. The standard InChI is InChI=1S/C41H60FN5O11/c1-11-30-41(8,52)36-25(4)32(48)23(2)18-39(6,54-22-28(21-53-36)45-55-20-27-13-14-31(43-19-27)47-16-12-15-44-47)35(26(5)34(50)40(7,42)38(51)57-30)58-37-33(49)29(46(9)10)17-24(3)56-37/h12-16,19,23-26,29-30,33,35-37,49,52H,11,17-18,20-22H2,1-10H3/b45-28+/t23-,24-,25+,26+,29+,30-,33-,35-,36+,37+,39-,40+,41-/m1/s1. The summed E-state index contributed by atoms with van der Waals surface area (Å²) < 4.78 is 49.7. The molecule has 0 amide bonds. The minimum Gasteiger partial charge on any atom is -0.457 e. The van der Waals surface area contributed by atoms with Crippen LogP contribution in [0.4, 0.5) is 4.39 Å². The number of hydrogen-bond donors (Lipinski definition) is 2. The second kappa shape index (κ2) is 18.3. The van der Waals surface area contributed by atoms with Crippen LogP contribution < -0.4 is 0 Å². The number of nitrogens with zero attached hydrogens (tertiary/aromatic N) is 5. The van der Waals surface area contributed by atoms with E-state index in [2.05, 4.69) is 15.2 Å². The normalized spacial score (nSPS) is 39.1. The van der Waals surface area contributed by atoms with Crippen molar-refractivity contribution in [1.82, 2.24) is 19.7 Å². The molecule has 3 aliphatic rings. The number of rotatable bonds is 8. The molecule has 0 unspecified atom stereocenters. The number of aliphatic hydroxyl groups is 2. The molecule has 0 aromatic carbocycles. The van der Waals surface area contributed by atoms with E-state index in [1.165, 1.54) is 13.8 Å². The van der Waals surface area contributed by atoms with Crippen LogP contribution in [-0.4, -0.2) is 140 Å². The van der Waals surface area contributed by atoms with E-state index in [0.29, 0.717) is 17.8 Å². The number of aliphatic hydroxyl groups excluding tert-OH is 1. The molecule has 0 saturated carbocycles. The van der Waals surface area contributed by atoms with Gasteiger partial charge in [-0.25, -0.2) is 18.9 Å². The number of fused-ring (bicyclic) bond motifs is 5. The second-order valence-electron chi connectivity index (χ2n) is 16.8. The van der Waals surface area contributed by atoms with Crippen molar-refractivity contribution in [2.45, 2.75) is 141 Å². The van der Waals surface area contributed by atoms with Crippen molar-refractivity contribution in [2.75, 3.05) is 27.3 Å². The lowest BCUT2D eigenvalue weighted by molar-refractivity contribution is -0.296. The number of carbonyl (C=O) groups is 3. The Kier molecular flexibility index (Phi) is 14.3. The number of cyclic esters (lactones) is 1. The first kappa shape index (κ1) is 45.4. The van der Waals surface area contributed by atoms with E-state index in [1.807, 2.05) is 32.0 Å². The van der Waals surface area contributed by atoms with Gasteiger partial charge in [-0.1, -0.05) is 38.9 Å². The van der Waals surface area contributed by atoms with Gasteiger partial charge in [-0.05, 0) is 73.2 Å². The van der Waals surface area contributed by atoms with E-state index in [0.717, 1.165) is 6.92 Å². The maximum Gasteiger partial charge on any atom is 0.351 e. The van der Waals surface area contributed by atoms with Gasteiger partial charge >= 0.3 is 5.97 Å². The average molecular weight is 818 g/mol. The third-order valence-corrected chi connectivity index (χ3v) is 11.8. The Hall–Kier alpha value is -3.71. The highest BCUT2D eigenvalue weighted by Gasteiger charge is 2.57. The summed E-state index contributed by atoms with van der Waals surface area (Å²) in [4.78, 5) is 54.4. The largest absolute Gasteiger partial charge is 0.457 e. The summed E-state index contributed by atoms with van der Waals surface area (Å²) in [6, 6.07) is 4.97. The number of oxime groups is 1. The minimum atomic E-state index is -3.21. The highest BCUT2D eigenvalue weighted by Crippen LogP contribution is 2.40. The van der Waals surface area contributed by atoms with Gasteiger partial charge in [-0.15, -0.1) is 0 Å². The first-order valence-electron chi connectivity index (χ1n) is 19.9. The number of ketones is 2. The van der Waals surface area contributed by atoms with Crippen molar-refractivity contribution in [1.29, 1.82) is 0 Å². The SMILES string of the molecule is CC[C@H]1OC(=O)[C@@](C)(F)C(=O)[C@H](C)[C@@H](O[C@@H]2O[C@H](C)C[C@H](N(C)C)[C@H]2O)[C@@]2(C)C[C@@H](C)C(=O)[C@H](C)[C@H](OC/C(=N\OCc3ccc(-n4cccn4)nc3)CO2)[C@]1(C)O. The molecule has 2 N–H and O–H groups in total. The predicted octanol–water partition coefficient (Wildman–Crippen LogP) is 3.38. The number of esters is 1. The maximum absolute atomic E-state index is 16.8. The smallest absolute Gasteiger partial charge is 0.351 e. The lowest BCUT2D eigenvalue weighted by atomic mass is 9.74. The molecule has 3 fully saturated rings. The van der Waals surface area contributed by atoms with Crippen LogP contribution in [0.3, 0.4) is 0 Å². The summed E-state index contributed by atoms with van der Waals surface area (Å²) in [5.74, 6) is -5.65. The number of halogens is 1. The van der Waals surface area contributed by atoms with E-state index in [4.69, 9.17) is 28.5 Å². The number of ether oxygens (including phenoxy) is 5. The van der Waals surface area contributed by atoms with E-state index >= 15 is 4.39 Å². The fourth-order valence-corrected chi connectivity index (χ4v) is 8.45. The fourth-order valence-electron chi connectivity index (χ4n) is 8.45. The Bertz CT molecular complexity index is 1760. The second-order valence-corrected chi connectivity index (χ2v) is 16.8. The van der Waals surface area contributed by atoms with Crippen LogP contribution in [0.15, 0.2) is 41.9 Å². The van der Waals surface area contributed by atoms with Gasteiger partial charge in [-0.2, -0.15) is 5.10 Å². The summed E-state index contributed by atoms with van der Waals surface area (Å²) in [5, 5.41) is 32.2. The fraction of sp³-hybridized carbons (Fsp3) is 0.707. The first-order valence-corrected chi connectivity index (χ1v) is 19.9. The van der Waals surface area contributed by atoms with Gasteiger partial charge in [0.05, 0.1) is 37.1 Å². The number of aromatic nitrogens is 3. The molecule has 5 heterocycles. The molecule has 58 heavy (non-hydrogen) atoms. The molecule has 2 bridgehead atoms. The summed E-state index contributed by atoms with van der Waals surface area (Å²) in [6.45, 7) is 11.3. The number of Topliss-reactive ketones (excluding diaryl/α,β-unsaturated/α-hetero) is 2. The van der Waals surface area contributed by atoms with Gasteiger partial charge in [0, 0.05) is 47.9 Å². The van der Waals surface area contributed by atoms with E-state index < -0.39 is 83.1 Å². The van der Waals surface area contributed by atoms with Gasteiger partial charge < -0.3 is 43.6 Å². The predicted molar refractivity (Wildman–Crippen MR) is 207 cm³/mol. The van der Waals surface area contributed by atoms with Crippen LogP contribution >= 0.6 is 0 Å².